The Bertz CT molecular complexity index is 211. The average Bonchev–Trinajstić information content (AvgIpc) is 2.14. The van der Waals surface area contributed by atoms with Crippen molar-refractivity contribution in [3.05, 3.63) is 0 Å². The molecule has 0 aliphatic heterocycles. The molecule has 0 aliphatic rings. The minimum Gasteiger partial charge on any atom is -0.333 e. The highest BCUT2D eigenvalue weighted by Crippen LogP contribution is 2.22. The first kappa shape index (κ1) is 18.0. The lowest BCUT2D eigenvalue weighted by Crippen LogP contribution is -2.50. The third-order valence-electron chi connectivity index (χ3n) is 2.76. The summed E-state index contributed by atoms with van der Waals surface area (Å²) in [6, 6.07) is -0.0185. The number of nitrogens with zero attached hydrogens (tertiary/aromatic N) is 1. The summed E-state index contributed by atoms with van der Waals surface area (Å²) >= 11 is 0. The maximum atomic E-state index is 12.0. The van der Waals surface area contributed by atoms with E-state index in [0.717, 1.165) is 0 Å². The van der Waals surface area contributed by atoms with Gasteiger partial charge in [-0.2, -0.15) is 0 Å². The SMILES string of the molecule is CN.C[C@@H](C(=O)C(C)(C)C)N(C)C(C)(C)C. The Morgan fingerprint density at radius 1 is 1.06 bits per heavy atom. The Balaban J connectivity index is 0. The van der Waals surface area contributed by atoms with Crippen molar-refractivity contribution in [2.75, 3.05) is 14.1 Å². The highest BCUT2D eigenvalue weighted by Gasteiger charge is 2.32. The minimum atomic E-state index is -0.251. The molecule has 16 heavy (non-hydrogen) atoms. The van der Waals surface area contributed by atoms with Gasteiger partial charge in [0, 0.05) is 11.0 Å². The van der Waals surface area contributed by atoms with Crippen LogP contribution in [0.1, 0.15) is 48.5 Å². The van der Waals surface area contributed by atoms with Gasteiger partial charge in [0.1, 0.15) is 0 Å². The van der Waals surface area contributed by atoms with Crippen LogP contribution in [0.2, 0.25) is 0 Å². The maximum Gasteiger partial charge on any atom is 0.154 e. The van der Waals surface area contributed by atoms with Crippen molar-refractivity contribution < 1.29 is 4.79 Å². The van der Waals surface area contributed by atoms with Crippen molar-refractivity contribution in [2.24, 2.45) is 11.1 Å². The largest absolute Gasteiger partial charge is 0.333 e. The Morgan fingerprint density at radius 2 is 1.38 bits per heavy atom. The smallest absolute Gasteiger partial charge is 0.154 e. The van der Waals surface area contributed by atoms with Crippen molar-refractivity contribution in [3.8, 4) is 0 Å². The summed E-state index contributed by atoms with van der Waals surface area (Å²) < 4.78 is 0. The number of ketones is 1. The second-order valence-electron chi connectivity index (χ2n) is 6.07. The molecule has 0 spiro atoms. The Kier molecular flexibility index (Phi) is 7.14. The predicted molar refractivity (Wildman–Crippen MR) is 71.6 cm³/mol. The van der Waals surface area contributed by atoms with Crippen LogP contribution in [-0.4, -0.2) is 36.4 Å². The second-order valence-corrected chi connectivity index (χ2v) is 6.07. The van der Waals surface area contributed by atoms with Crippen LogP contribution in [0, 0.1) is 5.41 Å². The molecule has 0 unspecified atom stereocenters. The molecular formula is C13H30N2O. The summed E-state index contributed by atoms with van der Waals surface area (Å²) in [5.41, 5.74) is 4.29. The number of nitrogens with two attached hydrogens (primary N) is 1. The first-order chi connectivity index (χ1) is 6.98. The third-order valence-corrected chi connectivity index (χ3v) is 2.76. The van der Waals surface area contributed by atoms with Gasteiger partial charge in [-0.05, 0) is 41.8 Å². The highest BCUT2D eigenvalue weighted by molar-refractivity contribution is 5.88. The van der Waals surface area contributed by atoms with Gasteiger partial charge in [0.15, 0.2) is 5.78 Å². The number of carbonyl (C=O) groups is 1. The topological polar surface area (TPSA) is 46.3 Å². The van der Waals surface area contributed by atoms with E-state index >= 15 is 0 Å². The van der Waals surface area contributed by atoms with Crippen molar-refractivity contribution in [2.45, 2.75) is 60.0 Å². The van der Waals surface area contributed by atoms with E-state index in [-0.39, 0.29) is 17.0 Å². The molecule has 0 fully saturated rings. The van der Waals surface area contributed by atoms with Crippen LogP contribution < -0.4 is 5.73 Å². The summed E-state index contributed by atoms with van der Waals surface area (Å²) in [6.45, 7) is 14.3. The lowest BCUT2D eigenvalue weighted by atomic mass is 9.85. The van der Waals surface area contributed by atoms with Crippen molar-refractivity contribution >= 4 is 5.78 Å². The molecule has 0 rings (SSSR count). The zero-order chi connectivity index (χ0) is 13.7. The molecule has 3 heteroatoms. The minimum absolute atomic E-state index is 0.0185. The van der Waals surface area contributed by atoms with Crippen LogP contribution in [0.5, 0.6) is 0 Å². The fraction of sp³-hybridized carbons (Fsp3) is 0.923. The van der Waals surface area contributed by atoms with E-state index in [1.165, 1.54) is 7.05 Å². The maximum absolute atomic E-state index is 12.0. The molecule has 0 aromatic heterocycles. The van der Waals surface area contributed by atoms with Crippen molar-refractivity contribution in [1.82, 2.24) is 4.90 Å². The number of carbonyl (C=O) groups excluding carboxylic acids is 1. The highest BCUT2D eigenvalue weighted by atomic mass is 16.1. The molecule has 98 valence electrons. The van der Waals surface area contributed by atoms with Gasteiger partial charge in [-0.3, -0.25) is 9.69 Å². The summed E-state index contributed by atoms with van der Waals surface area (Å²) in [4.78, 5) is 14.1. The number of hydrogen-bond acceptors (Lipinski definition) is 3. The molecule has 0 aliphatic carbocycles. The van der Waals surface area contributed by atoms with E-state index in [2.05, 4.69) is 31.4 Å². The fourth-order valence-electron chi connectivity index (χ4n) is 1.38. The van der Waals surface area contributed by atoms with Crippen molar-refractivity contribution in [1.29, 1.82) is 0 Å². The number of hydrogen-bond donors (Lipinski definition) is 1. The predicted octanol–water partition coefficient (Wildman–Crippen LogP) is 2.30. The van der Waals surface area contributed by atoms with Gasteiger partial charge in [0.25, 0.3) is 0 Å². The Labute approximate surface area is 101 Å². The van der Waals surface area contributed by atoms with E-state index in [4.69, 9.17) is 0 Å². The van der Waals surface area contributed by atoms with Crippen LogP contribution >= 0.6 is 0 Å². The van der Waals surface area contributed by atoms with E-state index in [9.17, 15) is 4.79 Å². The molecule has 0 saturated carbocycles. The summed E-state index contributed by atoms with van der Waals surface area (Å²) in [5.74, 6) is 0.301. The third kappa shape index (κ3) is 5.61. The lowest BCUT2D eigenvalue weighted by molar-refractivity contribution is -0.132. The van der Waals surface area contributed by atoms with Gasteiger partial charge >= 0.3 is 0 Å². The van der Waals surface area contributed by atoms with E-state index in [1.54, 1.807) is 0 Å². The molecule has 0 saturated heterocycles. The zero-order valence-corrected chi connectivity index (χ0v) is 12.5. The van der Waals surface area contributed by atoms with Gasteiger partial charge in [0.05, 0.1) is 6.04 Å². The molecular weight excluding hydrogens is 200 g/mol. The van der Waals surface area contributed by atoms with E-state index in [0.29, 0.717) is 5.78 Å². The van der Waals surface area contributed by atoms with Crippen LogP contribution in [0.4, 0.5) is 0 Å². The molecule has 0 aromatic carbocycles. The molecule has 0 amide bonds. The van der Waals surface area contributed by atoms with Gasteiger partial charge < -0.3 is 5.73 Å². The average molecular weight is 230 g/mol. The number of Topliss-reactive ketones (excluding diaryl/α,β-unsaturated/α-hetero) is 1. The van der Waals surface area contributed by atoms with Crippen LogP contribution in [-0.2, 0) is 4.79 Å². The van der Waals surface area contributed by atoms with Gasteiger partial charge in [-0.25, -0.2) is 0 Å². The van der Waals surface area contributed by atoms with E-state index < -0.39 is 0 Å². The van der Waals surface area contributed by atoms with Crippen LogP contribution in [0.3, 0.4) is 0 Å². The zero-order valence-electron chi connectivity index (χ0n) is 12.5. The standard InChI is InChI=1S/C12H25NO.CH5N/c1-9(10(14)11(2,3)4)13(8)12(5,6)7;1-2/h9H,1-8H3;2H2,1H3/t9-;/m0./s1. The molecule has 2 N–H and O–H groups in total. The Morgan fingerprint density at radius 3 is 1.56 bits per heavy atom. The van der Waals surface area contributed by atoms with Crippen molar-refractivity contribution in [3.63, 3.8) is 0 Å². The van der Waals surface area contributed by atoms with Gasteiger partial charge in [-0.15, -0.1) is 0 Å². The molecule has 1 atom stereocenters. The number of rotatable bonds is 2. The van der Waals surface area contributed by atoms with Crippen LogP contribution in [0.15, 0.2) is 0 Å². The summed E-state index contributed by atoms with van der Waals surface area (Å²) in [6.07, 6.45) is 0. The molecule has 0 bridgehead atoms. The number of likely N-dealkylation sites (N-methyl/N-ethyl adjacent to an activating group) is 1. The fourth-order valence-corrected chi connectivity index (χ4v) is 1.38. The monoisotopic (exact) mass is 230 g/mol. The first-order valence-corrected chi connectivity index (χ1v) is 5.83. The summed E-state index contributed by atoms with van der Waals surface area (Å²) in [5, 5.41) is 0. The van der Waals surface area contributed by atoms with Crippen LogP contribution in [0.25, 0.3) is 0 Å². The van der Waals surface area contributed by atoms with Gasteiger partial charge in [-0.1, -0.05) is 20.8 Å². The van der Waals surface area contributed by atoms with Gasteiger partial charge in [0.2, 0.25) is 0 Å². The molecule has 0 aromatic rings. The lowest BCUT2D eigenvalue weighted by Gasteiger charge is -2.38. The van der Waals surface area contributed by atoms with E-state index in [1.807, 2.05) is 34.7 Å². The Hall–Kier alpha value is -0.410. The quantitative estimate of drug-likeness (QED) is 0.792. The second kappa shape index (κ2) is 6.36. The molecule has 3 nitrogen and oxygen atoms in total. The normalized spacial score (nSPS) is 14.2. The summed E-state index contributed by atoms with van der Waals surface area (Å²) in [7, 11) is 3.51. The first-order valence-electron chi connectivity index (χ1n) is 5.83. The molecule has 0 radical (unpaired) electrons. The molecule has 0 heterocycles.